The summed E-state index contributed by atoms with van der Waals surface area (Å²) in [4.78, 5) is 61.2. The second-order valence-electron chi connectivity index (χ2n) is 7.92. The fraction of sp³-hybridized carbons (Fsp3) is 0.261. The van der Waals surface area contributed by atoms with E-state index in [4.69, 9.17) is 5.11 Å². The Balaban J connectivity index is 1.57. The predicted octanol–water partition coefficient (Wildman–Crippen LogP) is 1.73. The summed E-state index contributed by atoms with van der Waals surface area (Å²) in [6.45, 7) is -0.0537. The van der Waals surface area contributed by atoms with Gasteiger partial charge in [-0.1, -0.05) is 12.1 Å². The summed E-state index contributed by atoms with van der Waals surface area (Å²) in [5.74, 6) is -1.52. The second kappa shape index (κ2) is 8.73. The minimum atomic E-state index is -1.05. The van der Waals surface area contributed by atoms with Crippen molar-refractivity contribution in [2.45, 2.75) is 13.0 Å². The van der Waals surface area contributed by atoms with Crippen molar-refractivity contribution in [3.8, 4) is 0 Å². The number of nitrogens with one attached hydrogen (secondary N) is 1. The van der Waals surface area contributed by atoms with Gasteiger partial charge in [0, 0.05) is 26.2 Å². The Morgan fingerprint density at radius 3 is 2.67 bits per heavy atom. The zero-order valence-corrected chi connectivity index (χ0v) is 18.2. The Morgan fingerprint density at radius 1 is 1.18 bits per heavy atom. The van der Waals surface area contributed by atoms with Crippen molar-refractivity contribution >= 4 is 40.4 Å². The summed E-state index contributed by atoms with van der Waals surface area (Å²) in [5, 5.41) is 8.93. The molecule has 0 atom stereocenters. The summed E-state index contributed by atoms with van der Waals surface area (Å²) >= 11 is 0. The zero-order valence-electron chi connectivity index (χ0n) is 18.2. The van der Waals surface area contributed by atoms with Gasteiger partial charge in [0.05, 0.1) is 35.2 Å². The van der Waals surface area contributed by atoms with Gasteiger partial charge in [0.25, 0.3) is 11.8 Å². The first-order valence-corrected chi connectivity index (χ1v) is 10.4. The van der Waals surface area contributed by atoms with Crippen molar-refractivity contribution in [1.29, 1.82) is 0 Å². The first-order valence-electron chi connectivity index (χ1n) is 10.4. The van der Waals surface area contributed by atoms with Crippen LogP contribution in [0, 0.1) is 0 Å². The SMILES string of the molecule is CN(Cc1nc2ccccc2[nH]1)C(=O)c1ccc2c(c1)N(C)C(=O)CN(CCC(=O)O)C2=O. The Labute approximate surface area is 189 Å². The van der Waals surface area contributed by atoms with Crippen molar-refractivity contribution in [1.82, 2.24) is 19.8 Å². The third kappa shape index (κ3) is 4.40. The monoisotopic (exact) mass is 449 g/mol. The molecule has 3 amide bonds. The van der Waals surface area contributed by atoms with Gasteiger partial charge in [0.1, 0.15) is 12.4 Å². The molecule has 3 aromatic rings. The zero-order chi connectivity index (χ0) is 23.7. The normalized spacial score (nSPS) is 13.8. The number of rotatable bonds is 6. The molecule has 10 heteroatoms. The van der Waals surface area contributed by atoms with Crippen LogP contribution in [0.25, 0.3) is 11.0 Å². The maximum absolute atomic E-state index is 13.1. The largest absolute Gasteiger partial charge is 0.481 e. The van der Waals surface area contributed by atoms with Crippen molar-refractivity contribution in [3.05, 3.63) is 59.4 Å². The average Bonchev–Trinajstić information content (AvgIpc) is 3.18. The number of para-hydroxylation sites is 2. The Hall–Kier alpha value is -4.21. The number of anilines is 1. The third-order valence-corrected chi connectivity index (χ3v) is 5.59. The lowest BCUT2D eigenvalue weighted by Crippen LogP contribution is -2.38. The Bertz CT molecular complexity index is 1230. The van der Waals surface area contributed by atoms with E-state index < -0.39 is 11.9 Å². The second-order valence-corrected chi connectivity index (χ2v) is 7.92. The number of aromatic amines is 1. The van der Waals surface area contributed by atoms with Gasteiger partial charge in [-0.3, -0.25) is 19.2 Å². The molecule has 1 aliphatic heterocycles. The summed E-state index contributed by atoms with van der Waals surface area (Å²) < 4.78 is 0. The number of aliphatic carboxylic acids is 1. The third-order valence-electron chi connectivity index (χ3n) is 5.59. The molecule has 2 aromatic carbocycles. The summed E-state index contributed by atoms with van der Waals surface area (Å²) in [5.41, 5.74) is 2.56. The molecule has 4 rings (SSSR count). The first kappa shape index (κ1) is 22.0. The molecule has 0 fully saturated rings. The number of carboxylic acid groups (broad SMARTS) is 1. The number of carbonyl (C=O) groups excluding carboxylic acids is 3. The highest BCUT2D eigenvalue weighted by Gasteiger charge is 2.31. The van der Waals surface area contributed by atoms with E-state index in [0.29, 0.717) is 17.1 Å². The minimum Gasteiger partial charge on any atom is -0.481 e. The molecule has 170 valence electrons. The molecule has 2 N–H and O–H groups in total. The smallest absolute Gasteiger partial charge is 0.305 e. The Morgan fingerprint density at radius 2 is 1.94 bits per heavy atom. The van der Waals surface area contributed by atoms with E-state index in [2.05, 4.69) is 9.97 Å². The number of hydrogen-bond donors (Lipinski definition) is 2. The molecule has 0 radical (unpaired) electrons. The van der Waals surface area contributed by atoms with Crippen LogP contribution in [0.4, 0.5) is 5.69 Å². The van der Waals surface area contributed by atoms with E-state index in [-0.39, 0.29) is 43.4 Å². The van der Waals surface area contributed by atoms with Crippen LogP contribution in [0.3, 0.4) is 0 Å². The maximum Gasteiger partial charge on any atom is 0.305 e. The number of aromatic nitrogens is 2. The highest BCUT2D eigenvalue weighted by molar-refractivity contribution is 6.10. The van der Waals surface area contributed by atoms with Crippen molar-refractivity contribution in [2.75, 3.05) is 32.1 Å². The fourth-order valence-corrected chi connectivity index (χ4v) is 3.78. The van der Waals surface area contributed by atoms with E-state index >= 15 is 0 Å². The average molecular weight is 449 g/mol. The molecule has 0 spiro atoms. The molecule has 33 heavy (non-hydrogen) atoms. The Kier molecular flexibility index (Phi) is 5.82. The molecular formula is C23H23N5O5. The molecule has 0 saturated heterocycles. The molecule has 0 saturated carbocycles. The molecule has 0 unspecified atom stereocenters. The molecule has 10 nitrogen and oxygen atoms in total. The summed E-state index contributed by atoms with van der Waals surface area (Å²) in [6.07, 6.45) is -0.263. The van der Waals surface area contributed by atoms with Gasteiger partial charge in [0.15, 0.2) is 0 Å². The number of fused-ring (bicyclic) bond motifs is 2. The van der Waals surface area contributed by atoms with E-state index in [9.17, 15) is 19.2 Å². The number of nitrogens with zero attached hydrogens (tertiary/aromatic N) is 4. The van der Waals surface area contributed by atoms with E-state index in [0.717, 1.165) is 11.0 Å². The highest BCUT2D eigenvalue weighted by atomic mass is 16.4. The number of benzene rings is 2. The van der Waals surface area contributed by atoms with Crippen LogP contribution in [-0.4, -0.2) is 75.8 Å². The highest BCUT2D eigenvalue weighted by Crippen LogP contribution is 2.27. The van der Waals surface area contributed by atoms with Crippen LogP contribution >= 0.6 is 0 Å². The van der Waals surface area contributed by atoms with Gasteiger partial charge < -0.3 is 24.8 Å². The van der Waals surface area contributed by atoms with Crippen molar-refractivity contribution < 1.29 is 24.3 Å². The predicted molar refractivity (Wildman–Crippen MR) is 120 cm³/mol. The maximum atomic E-state index is 13.1. The molecule has 1 aromatic heterocycles. The number of amides is 3. The van der Waals surface area contributed by atoms with Crippen LogP contribution in [0.5, 0.6) is 0 Å². The van der Waals surface area contributed by atoms with Crippen LogP contribution < -0.4 is 4.90 Å². The van der Waals surface area contributed by atoms with Crippen molar-refractivity contribution in [3.63, 3.8) is 0 Å². The lowest BCUT2D eigenvalue weighted by molar-refractivity contribution is -0.137. The van der Waals surface area contributed by atoms with Crippen LogP contribution in [-0.2, 0) is 16.1 Å². The number of imidazole rings is 1. The van der Waals surface area contributed by atoms with E-state index in [1.807, 2.05) is 24.3 Å². The first-order chi connectivity index (χ1) is 15.7. The molecule has 0 aliphatic carbocycles. The summed E-state index contributed by atoms with van der Waals surface area (Å²) in [7, 11) is 3.18. The van der Waals surface area contributed by atoms with Gasteiger partial charge in [-0.15, -0.1) is 0 Å². The molecule has 2 heterocycles. The van der Waals surface area contributed by atoms with Crippen LogP contribution in [0.1, 0.15) is 33.0 Å². The standard InChI is InChI=1S/C23H23N5O5/c1-26(12-19-24-16-5-3-4-6-17(16)25-19)22(32)14-7-8-15-18(11-14)27(2)20(29)13-28(23(15)33)10-9-21(30)31/h3-8,11H,9-10,12-13H2,1-2H3,(H,24,25)(H,30,31). The van der Waals surface area contributed by atoms with Gasteiger partial charge in [-0.2, -0.15) is 0 Å². The quantitative estimate of drug-likeness (QED) is 0.590. The van der Waals surface area contributed by atoms with Crippen LogP contribution in [0.15, 0.2) is 42.5 Å². The number of carboxylic acids is 1. The van der Waals surface area contributed by atoms with Gasteiger partial charge in [-0.25, -0.2) is 4.98 Å². The number of carbonyl (C=O) groups is 4. The minimum absolute atomic E-state index is 0.0753. The fourth-order valence-electron chi connectivity index (χ4n) is 3.78. The lowest BCUT2D eigenvalue weighted by Gasteiger charge is -2.19. The van der Waals surface area contributed by atoms with Crippen LogP contribution in [0.2, 0.25) is 0 Å². The number of likely N-dealkylation sites (N-methyl/N-ethyl adjacent to an activating group) is 1. The molecular weight excluding hydrogens is 426 g/mol. The van der Waals surface area contributed by atoms with Gasteiger partial charge in [0.2, 0.25) is 5.91 Å². The summed E-state index contributed by atoms with van der Waals surface area (Å²) in [6, 6.07) is 12.1. The van der Waals surface area contributed by atoms with Gasteiger partial charge >= 0.3 is 5.97 Å². The van der Waals surface area contributed by atoms with Crippen molar-refractivity contribution in [2.24, 2.45) is 0 Å². The lowest BCUT2D eigenvalue weighted by atomic mass is 10.1. The molecule has 1 aliphatic rings. The van der Waals surface area contributed by atoms with E-state index in [1.54, 1.807) is 7.05 Å². The molecule has 0 bridgehead atoms. The number of H-pyrrole nitrogens is 1. The van der Waals surface area contributed by atoms with E-state index in [1.165, 1.54) is 39.9 Å². The van der Waals surface area contributed by atoms with Gasteiger partial charge in [-0.05, 0) is 30.3 Å². The number of hydrogen-bond acceptors (Lipinski definition) is 5. The topological polar surface area (TPSA) is 127 Å².